The van der Waals surface area contributed by atoms with E-state index in [1.165, 1.54) is 10.5 Å². The summed E-state index contributed by atoms with van der Waals surface area (Å²) in [6, 6.07) is 10.7. The summed E-state index contributed by atoms with van der Waals surface area (Å²) in [4.78, 5) is 26.4. The van der Waals surface area contributed by atoms with Gasteiger partial charge in [-0.2, -0.15) is 0 Å². The molecule has 0 bridgehead atoms. The molecular weight excluding hydrogens is 364 g/mol. The fraction of sp³-hybridized carbons (Fsp3) is 0.600. The minimum Gasteiger partial charge on any atom is -0.299 e. The number of fused-ring (bicyclic) bond motifs is 5. The molecule has 4 aliphatic carbocycles. The van der Waals surface area contributed by atoms with E-state index in [2.05, 4.69) is 44.2 Å². The third-order valence-electron chi connectivity index (χ3n) is 8.70. The SMILES string of the molecule is C[C@]12CCC(=O)C=C1C[C@@H](Sc1ccccc1)[C@@H]1[C@@H]2CC[C@]2(C)C(=O)CC[C@@H]12. The Morgan fingerprint density at radius 2 is 1.68 bits per heavy atom. The van der Waals surface area contributed by atoms with Gasteiger partial charge in [0.05, 0.1) is 0 Å². The molecule has 3 heteroatoms. The summed E-state index contributed by atoms with van der Waals surface area (Å²) in [5, 5.41) is 0.466. The Kier molecular flexibility index (Phi) is 4.39. The maximum atomic E-state index is 12.8. The number of Topliss-reactive ketones (excluding diaryl/α,β-unsaturated/α-hetero) is 1. The van der Waals surface area contributed by atoms with E-state index in [0.29, 0.717) is 41.0 Å². The molecule has 1 aromatic rings. The monoisotopic (exact) mass is 394 g/mol. The van der Waals surface area contributed by atoms with Crippen molar-refractivity contribution in [2.24, 2.45) is 28.6 Å². The van der Waals surface area contributed by atoms with Crippen molar-refractivity contribution in [2.75, 3.05) is 0 Å². The number of thioether (sulfide) groups is 1. The fourth-order valence-electron chi connectivity index (χ4n) is 7.07. The maximum absolute atomic E-state index is 12.8. The van der Waals surface area contributed by atoms with Crippen LogP contribution in [0.25, 0.3) is 0 Å². The Morgan fingerprint density at radius 3 is 2.46 bits per heavy atom. The van der Waals surface area contributed by atoms with Crippen LogP contribution in [0.3, 0.4) is 0 Å². The smallest absolute Gasteiger partial charge is 0.155 e. The lowest BCUT2D eigenvalue weighted by molar-refractivity contribution is -0.132. The minimum atomic E-state index is -0.112. The molecule has 0 aromatic heterocycles. The van der Waals surface area contributed by atoms with E-state index < -0.39 is 0 Å². The highest BCUT2D eigenvalue weighted by molar-refractivity contribution is 8.00. The molecule has 2 nitrogen and oxygen atoms in total. The van der Waals surface area contributed by atoms with Crippen LogP contribution in [-0.2, 0) is 9.59 Å². The Morgan fingerprint density at radius 1 is 0.929 bits per heavy atom. The first-order valence-corrected chi connectivity index (χ1v) is 11.8. The second-order valence-electron chi connectivity index (χ2n) is 9.94. The summed E-state index contributed by atoms with van der Waals surface area (Å²) < 4.78 is 0. The lowest BCUT2D eigenvalue weighted by Gasteiger charge is -2.59. The van der Waals surface area contributed by atoms with Crippen molar-refractivity contribution in [3.8, 4) is 0 Å². The van der Waals surface area contributed by atoms with Gasteiger partial charge in [0.25, 0.3) is 0 Å². The lowest BCUT2D eigenvalue weighted by Crippen LogP contribution is -2.54. The molecule has 28 heavy (non-hydrogen) atoms. The quantitative estimate of drug-likeness (QED) is 0.630. The van der Waals surface area contributed by atoms with Crippen molar-refractivity contribution in [3.63, 3.8) is 0 Å². The molecule has 0 saturated heterocycles. The predicted octanol–water partition coefficient (Wildman–Crippen LogP) is 5.86. The third-order valence-corrected chi connectivity index (χ3v) is 10.0. The van der Waals surface area contributed by atoms with Gasteiger partial charge >= 0.3 is 0 Å². The zero-order valence-electron chi connectivity index (χ0n) is 16.9. The molecule has 148 valence electrons. The average molecular weight is 395 g/mol. The summed E-state index contributed by atoms with van der Waals surface area (Å²) >= 11 is 1.99. The van der Waals surface area contributed by atoms with E-state index in [-0.39, 0.29) is 10.8 Å². The Balaban J connectivity index is 1.57. The van der Waals surface area contributed by atoms with Crippen LogP contribution in [0.5, 0.6) is 0 Å². The van der Waals surface area contributed by atoms with Crippen molar-refractivity contribution in [1.29, 1.82) is 0 Å². The van der Waals surface area contributed by atoms with Crippen LogP contribution in [0.15, 0.2) is 46.9 Å². The van der Waals surface area contributed by atoms with Gasteiger partial charge in [-0.25, -0.2) is 0 Å². The minimum absolute atomic E-state index is 0.112. The maximum Gasteiger partial charge on any atom is 0.155 e. The summed E-state index contributed by atoms with van der Waals surface area (Å²) in [5.41, 5.74) is 1.43. The molecular formula is C25H30O2S. The van der Waals surface area contributed by atoms with E-state index >= 15 is 0 Å². The predicted molar refractivity (Wildman–Crippen MR) is 113 cm³/mol. The number of hydrogen-bond acceptors (Lipinski definition) is 3. The van der Waals surface area contributed by atoms with Gasteiger partial charge < -0.3 is 0 Å². The summed E-state index contributed by atoms with van der Waals surface area (Å²) in [6.07, 6.45) is 8.70. The lowest BCUT2D eigenvalue weighted by atomic mass is 9.47. The fourth-order valence-corrected chi connectivity index (χ4v) is 8.53. The average Bonchev–Trinajstić information content (AvgIpc) is 2.99. The zero-order chi connectivity index (χ0) is 19.5. The molecule has 0 amide bonds. The number of hydrogen-bond donors (Lipinski definition) is 0. The topological polar surface area (TPSA) is 34.1 Å². The van der Waals surface area contributed by atoms with Gasteiger partial charge in [-0.15, -0.1) is 11.8 Å². The second kappa shape index (κ2) is 6.58. The van der Waals surface area contributed by atoms with Crippen molar-refractivity contribution in [2.45, 2.75) is 68.9 Å². The summed E-state index contributed by atoms with van der Waals surface area (Å²) in [5.74, 6) is 2.50. The standard InChI is InChI=1S/C25H30O2S/c1-24-12-10-17(26)14-16(24)15-21(28-18-6-4-3-5-7-18)23-19-8-9-22(27)25(19,2)13-11-20(23)24/h3-7,14,19-21,23H,8-13,15H2,1-2H3/t19-,20-,21+,23-,24-,25-/m0/s1. The molecule has 0 spiro atoms. The largest absolute Gasteiger partial charge is 0.299 e. The van der Waals surface area contributed by atoms with Crippen LogP contribution in [0.4, 0.5) is 0 Å². The van der Waals surface area contributed by atoms with Crippen LogP contribution < -0.4 is 0 Å². The first kappa shape index (κ1) is 18.7. The molecule has 1 aromatic carbocycles. The molecule has 0 heterocycles. The Labute approximate surface area is 172 Å². The molecule has 0 aliphatic heterocycles. The van der Waals surface area contributed by atoms with Gasteiger partial charge in [0, 0.05) is 28.4 Å². The molecule has 3 saturated carbocycles. The Hall–Kier alpha value is -1.35. The van der Waals surface area contributed by atoms with Crippen molar-refractivity contribution in [3.05, 3.63) is 42.0 Å². The molecule has 4 aliphatic rings. The van der Waals surface area contributed by atoms with E-state index in [0.717, 1.165) is 38.5 Å². The number of ketones is 2. The van der Waals surface area contributed by atoms with E-state index in [1.54, 1.807) is 0 Å². The van der Waals surface area contributed by atoms with Crippen LogP contribution in [-0.4, -0.2) is 16.8 Å². The highest BCUT2D eigenvalue weighted by Gasteiger charge is 2.61. The molecule has 6 atom stereocenters. The highest BCUT2D eigenvalue weighted by atomic mass is 32.2. The number of allylic oxidation sites excluding steroid dienone is 1. The van der Waals surface area contributed by atoms with Gasteiger partial charge in [0.2, 0.25) is 0 Å². The van der Waals surface area contributed by atoms with Crippen LogP contribution in [0.1, 0.15) is 58.8 Å². The van der Waals surface area contributed by atoms with Crippen molar-refractivity contribution in [1.82, 2.24) is 0 Å². The van der Waals surface area contributed by atoms with Crippen LogP contribution in [0, 0.1) is 28.6 Å². The summed E-state index contributed by atoms with van der Waals surface area (Å²) in [6.45, 7) is 4.68. The first-order valence-electron chi connectivity index (χ1n) is 10.9. The first-order chi connectivity index (χ1) is 13.4. The molecule has 5 rings (SSSR count). The summed E-state index contributed by atoms with van der Waals surface area (Å²) in [7, 11) is 0. The molecule has 0 radical (unpaired) electrons. The van der Waals surface area contributed by atoms with Gasteiger partial charge in [0.15, 0.2) is 5.78 Å². The van der Waals surface area contributed by atoms with Crippen molar-refractivity contribution < 1.29 is 9.59 Å². The highest BCUT2D eigenvalue weighted by Crippen LogP contribution is 2.66. The van der Waals surface area contributed by atoms with Gasteiger partial charge in [-0.3, -0.25) is 9.59 Å². The molecule has 0 unspecified atom stereocenters. The number of benzene rings is 1. The van der Waals surface area contributed by atoms with Gasteiger partial charge in [-0.05, 0) is 73.5 Å². The van der Waals surface area contributed by atoms with Crippen molar-refractivity contribution >= 4 is 23.3 Å². The second-order valence-corrected chi connectivity index (χ2v) is 11.2. The molecule has 3 fully saturated rings. The Bertz CT molecular complexity index is 843. The van der Waals surface area contributed by atoms with Gasteiger partial charge in [-0.1, -0.05) is 37.6 Å². The number of carbonyl (C=O) groups excluding carboxylic acids is 2. The number of carbonyl (C=O) groups is 2. The number of rotatable bonds is 2. The zero-order valence-corrected chi connectivity index (χ0v) is 17.8. The van der Waals surface area contributed by atoms with E-state index in [4.69, 9.17) is 0 Å². The van der Waals surface area contributed by atoms with Gasteiger partial charge in [0.1, 0.15) is 5.78 Å². The molecule has 0 N–H and O–H groups in total. The third kappa shape index (κ3) is 2.69. The van der Waals surface area contributed by atoms with E-state index in [1.807, 2.05) is 17.8 Å². The normalized spacial score (nSPS) is 42.4. The van der Waals surface area contributed by atoms with Crippen LogP contribution in [0.2, 0.25) is 0 Å². The van der Waals surface area contributed by atoms with Crippen LogP contribution >= 0.6 is 11.8 Å². The van der Waals surface area contributed by atoms with E-state index in [9.17, 15) is 9.59 Å².